The van der Waals surface area contributed by atoms with E-state index < -0.39 is 16.1 Å². The minimum atomic E-state index is -3.82. The highest BCUT2D eigenvalue weighted by Crippen LogP contribution is 2.22. The average molecular weight is 509 g/mol. The summed E-state index contributed by atoms with van der Waals surface area (Å²) in [4.78, 5) is 31.9. The second-order valence-corrected chi connectivity index (χ2v) is 11.4. The van der Waals surface area contributed by atoms with E-state index in [4.69, 9.17) is 11.6 Å². The molecular weight excluding hydrogens is 476 g/mol. The van der Waals surface area contributed by atoms with Gasteiger partial charge < -0.3 is 14.7 Å². The topological polar surface area (TPSA) is 90.0 Å². The third-order valence-corrected chi connectivity index (χ3v) is 8.20. The second-order valence-electron chi connectivity index (χ2n) is 9.36. The molecule has 1 N–H and O–H groups in total. The molecule has 0 saturated carbocycles. The van der Waals surface area contributed by atoms with E-state index in [1.54, 1.807) is 24.3 Å². The van der Waals surface area contributed by atoms with Crippen LogP contribution < -0.4 is 4.72 Å². The van der Waals surface area contributed by atoms with Crippen molar-refractivity contribution in [3.8, 4) is 0 Å². The summed E-state index contributed by atoms with van der Waals surface area (Å²) in [6.45, 7) is 4.30. The van der Waals surface area contributed by atoms with Gasteiger partial charge in [-0.3, -0.25) is 9.59 Å². The zero-order valence-corrected chi connectivity index (χ0v) is 20.9. The lowest BCUT2D eigenvalue weighted by molar-refractivity contribution is -0.143. The minimum absolute atomic E-state index is 0.00811. The Morgan fingerprint density at radius 1 is 1.03 bits per heavy atom. The van der Waals surface area contributed by atoms with Crippen molar-refractivity contribution in [2.24, 2.45) is 0 Å². The standard InChI is InChI=1S/C24H33ClN4O4S/c25-20-9-7-19(8-10-20)11-16-34(32,33)26-22-6-4-14-28(24(22)31)18-23(30)29-15-3-5-21(29)17-27-12-1-2-13-27/h7-11,16,21-22,26H,1-6,12-15,17-18H2/b16-11+. The third-order valence-electron chi connectivity index (χ3n) is 6.84. The molecule has 0 radical (unpaired) electrons. The first kappa shape index (κ1) is 25.2. The Bertz CT molecular complexity index is 1010. The summed E-state index contributed by atoms with van der Waals surface area (Å²) in [7, 11) is -3.82. The van der Waals surface area contributed by atoms with E-state index >= 15 is 0 Å². The summed E-state index contributed by atoms with van der Waals surface area (Å²) >= 11 is 5.86. The van der Waals surface area contributed by atoms with Crippen molar-refractivity contribution < 1.29 is 18.0 Å². The average Bonchev–Trinajstić information content (AvgIpc) is 3.49. The number of halogens is 1. The van der Waals surface area contributed by atoms with Crippen LogP contribution in [-0.4, -0.2) is 86.3 Å². The number of rotatable bonds is 8. The molecule has 2 unspecified atom stereocenters. The molecule has 186 valence electrons. The Hall–Kier alpha value is -1.94. The number of hydrogen-bond donors (Lipinski definition) is 1. The van der Waals surface area contributed by atoms with Crippen molar-refractivity contribution in [1.29, 1.82) is 0 Å². The van der Waals surface area contributed by atoms with Gasteiger partial charge in [0.15, 0.2) is 0 Å². The van der Waals surface area contributed by atoms with E-state index in [2.05, 4.69) is 9.62 Å². The zero-order chi connectivity index (χ0) is 24.1. The fourth-order valence-corrected chi connectivity index (χ4v) is 6.21. The number of sulfonamides is 1. The van der Waals surface area contributed by atoms with Crippen LogP contribution in [0.2, 0.25) is 5.02 Å². The van der Waals surface area contributed by atoms with Crippen molar-refractivity contribution in [3.63, 3.8) is 0 Å². The number of carbonyl (C=O) groups is 2. The molecule has 8 nitrogen and oxygen atoms in total. The summed E-state index contributed by atoms with van der Waals surface area (Å²) < 4.78 is 27.6. The predicted molar refractivity (Wildman–Crippen MR) is 133 cm³/mol. The van der Waals surface area contributed by atoms with Crippen LogP contribution >= 0.6 is 11.6 Å². The fourth-order valence-electron chi connectivity index (χ4n) is 5.06. The molecule has 0 aromatic heterocycles. The summed E-state index contributed by atoms with van der Waals surface area (Å²) in [6, 6.07) is 6.12. The largest absolute Gasteiger partial charge is 0.337 e. The molecule has 1 aromatic rings. The van der Waals surface area contributed by atoms with E-state index in [1.165, 1.54) is 23.8 Å². The molecular formula is C24H33ClN4O4S. The number of benzene rings is 1. The maximum absolute atomic E-state index is 13.1. The van der Waals surface area contributed by atoms with Gasteiger partial charge in [-0.25, -0.2) is 8.42 Å². The summed E-state index contributed by atoms with van der Waals surface area (Å²) in [6.07, 6.45) is 6.94. The van der Waals surface area contributed by atoms with Crippen molar-refractivity contribution in [2.45, 2.75) is 50.6 Å². The van der Waals surface area contributed by atoms with Gasteiger partial charge in [-0.05, 0) is 75.4 Å². The maximum atomic E-state index is 13.1. The number of nitrogens with one attached hydrogen (secondary N) is 1. The van der Waals surface area contributed by atoms with Crippen molar-refractivity contribution in [2.75, 3.05) is 39.3 Å². The number of likely N-dealkylation sites (tertiary alicyclic amines) is 3. The highest BCUT2D eigenvalue weighted by molar-refractivity contribution is 7.92. The highest BCUT2D eigenvalue weighted by Gasteiger charge is 2.36. The molecule has 0 spiro atoms. The van der Waals surface area contributed by atoms with Gasteiger partial charge in [-0.15, -0.1) is 0 Å². The van der Waals surface area contributed by atoms with Crippen LogP contribution in [0.15, 0.2) is 29.7 Å². The van der Waals surface area contributed by atoms with Crippen molar-refractivity contribution in [1.82, 2.24) is 19.4 Å². The fraction of sp³-hybridized carbons (Fsp3) is 0.583. The van der Waals surface area contributed by atoms with Crippen LogP contribution in [-0.2, 0) is 19.6 Å². The quantitative estimate of drug-likeness (QED) is 0.582. The number of piperidine rings is 1. The van der Waals surface area contributed by atoms with E-state index in [9.17, 15) is 18.0 Å². The first-order valence-corrected chi connectivity index (χ1v) is 14.0. The van der Waals surface area contributed by atoms with Crippen LogP contribution in [0.1, 0.15) is 44.1 Å². The number of nitrogens with zero attached hydrogens (tertiary/aromatic N) is 3. The maximum Gasteiger partial charge on any atom is 0.242 e. The lowest BCUT2D eigenvalue weighted by Crippen LogP contribution is -2.55. The van der Waals surface area contributed by atoms with Crippen LogP contribution in [0.4, 0.5) is 0 Å². The van der Waals surface area contributed by atoms with Crippen LogP contribution in [0.25, 0.3) is 6.08 Å². The van der Waals surface area contributed by atoms with E-state index in [1.807, 2.05) is 4.90 Å². The smallest absolute Gasteiger partial charge is 0.242 e. The van der Waals surface area contributed by atoms with Gasteiger partial charge in [0.25, 0.3) is 0 Å². The number of hydrogen-bond acceptors (Lipinski definition) is 5. The normalized spacial score (nSPS) is 24.4. The van der Waals surface area contributed by atoms with Gasteiger partial charge in [0.2, 0.25) is 21.8 Å². The second kappa shape index (κ2) is 11.2. The third kappa shape index (κ3) is 6.59. The minimum Gasteiger partial charge on any atom is -0.337 e. The first-order valence-electron chi connectivity index (χ1n) is 12.1. The van der Waals surface area contributed by atoms with Gasteiger partial charge in [0, 0.05) is 36.1 Å². The molecule has 3 fully saturated rings. The Morgan fingerprint density at radius 3 is 2.47 bits per heavy atom. The van der Waals surface area contributed by atoms with Gasteiger partial charge in [-0.2, -0.15) is 4.72 Å². The van der Waals surface area contributed by atoms with Crippen LogP contribution in [0, 0.1) is 0 Å². The summed E-state index contributed by atoms with van der Waals surface area (Å²) in [5.74, 6) is -0.375. The van der Waals surface area contributed by atoms with Gasteiger partial charge in [0.1, 0.15) is 6.04 Å². The molecule has 34 heavy (non-hydrogen) atoms. The molecule has 10 heteroatoms. The first-order chi connectivity index (χ1) is 16.3. The molecule has 0 aliphatic carbocycles. The van der Waals surface area contributed by atoms with Gasteiger partial charge >= 0.3 is 0 Å². The Labute approximate surface area is 207 Å². The lowest BCUT2D eigenvalue weighted by Gasteiger charge is -2.34. The zero-order valence-electron chi connectivity index (χ0n) is 19.4. The molecule has 3 heterocycles. The van der Waals surface area contributed by atoms with Gasteiger partial charge in [-0.1, -0.05) is 23.7 Å². The van der Waals surface area contributed by atoms with Crippen LogP contribution in [0.3, 0.4) is 0 Å². The molecule has 3 aliphatic rings. The monoisotopic (exact) mass is 508 g/mol. The lowest BCUT2D eigenvalue weighted by atomic mass is 10.1. The summed E-state index contributed by atoms with van der Waals surface area (Å²) in [5, 5.41) is 1.62. The highest BCUT2D eigenvalue weighted by atomic mass is 35.5. The van der Waals surface area contributed by atoms with Crippen molar-refractivity contribution >= 4 is 39.5 Å². The van der Waals surface area contributed by atoms with Crippen molar-refractivity contribution in [3.05, 3.63) is 40.3 Å². The number of amides is 2. The summed E-state index contributed by atoms with van der Waals surface area (Å²) in [5.41, 5.74) is 0.686. The SMILES string of the molecule is O=C1C(NS(=O)(=O)/C=C/c2ccc(Cl)cc2)CCCN1CC(=O)N1CCCC1CN1CCCC1. The molecule has 3 saturated heterocycles. The molecule has 3 aliphatic heterocycles. The van der Waals surface area contributed by atoms with E-state index in [0.29, 0.717) is 30.0 Å². The number of carbonyl (C=O) groups excluding carboxylic acids is 2. The van der Waals surface area contributed by atoms with E-state index in [0.717, 1.165) is 44.4 Å². The Kier molecular flexibility index (Phi) is 8.29. The predicted octanol–water partition coefficient (Wildman–Crippen LogP) is 2.31. The van der Waals surface area contributed by atoms with E-state index in [-0.39, 0.29) is 24.4 Å². The molecule has 2 atom stereocenters. The van der Waals surface area contributed by atoms with Crippen LogP contribution in [0.5, 0.6) is 0 Å². The molecule has 1 aromatic carbocycles. The van der Waals surface area contributed by atoms with Gasteiger partial charge in [0.05, 0.1) is 6.54 Å². The molecule has 4 rings (SSSR count). The molecule has 0 bridgehead atoms. The Balaban J connectivity index is 1.33. The Morgan fingerprint density at radius 2 is 1.74 bits per heavy atom. The molecule has 2 amide bonds.